The van der Waals surface area contributed by atoms with Crippen LogP contribution < -0.4 is 0 Å². The third-order valence-corrected chi connectivity index (χ3v) is 7.44. The van der Waals surface area contributed by atoms with Gasteiger partial charge in [-0.25, -0.2) is 10.0 Å². The van der Waals surface area contributed by atoms with E-state index in [9.17, 15) is 0 Å². The van der Waals surface area contributed by atoms with Gasteiger partial charge < -0.3 is 3.88 Å². The van der Waals surface area contributed by atoms with Crippen molar-refractivity contribution in [2.24, 2.45) is 4.99 Å². The summed E-state index contributed by atoms with van der Waals surface area (Å²) in [5, 5.41) is 0. The van der Waals surface area contributed by atoms with Gasteiger partial charge in [0.15, 0.2) is 0 Å². The predicted molar refractivity (Wildman–Crippen MR) is 85.7 cm³/mol. The molecule has 0 aliphatic rings. The molecule has 104 valence electrons. The first-order chi connectivity index (χ1) is 8.16. The first-order valence-corrected chi connectivity index (χ1v) is 9.74. The van der Waals surface area contributed by atoms with E-state index in [-0.39, 0.29) is 0 Å². The second kappa shape index (κ2) is 8.25. The number of halogens is 1. The molecule has 0 spiro atoms. The van der Waals surface area contributed by atoms with Crippen LogP contribution in [0.5, 0.6) is 0 Å². The van der Waals surface area contributed by atoms with Crippen LogP contribution in [-0.2, 0) is 0 Å². The predicted octanol–water partition coefficient (Wildman–Crippen LogP) is 4.61. The molecule has 0 bridgehead atoms. The minimum Gasteiger partial charge on any atom is -0.452 e. The van der Waals surface area contributed by atoms with Gasteiger partial charge in [-0.3, -0.25) is 4.99 Å². The zero-order chi connectivity index (χ0) is 14.5. The van der Waals surface area contributed by atoms with Crippen LogP contribution >= 0.6 is 10.0 Å². The molecular weight excluding hydrogens is 259 g/mol. The maximum absolute atomic E-state index is 6.64. The van der Waals surface area contributed by atoms with Crippen LogP contribution in [0.25, 0.3) is 0 Å². The Bertz CT molecular complexity index is 309. The van der Waals surface area contributed by atoms with E-state index in [0.717, 1.165) is 5.71 Å². The van der Waals surface area contributed by atoms with E-state index < -0.39 is 13.4 Å². The molecule has 0 aliphatic heterocycles. The molecule has 4 heteroatoms. The van der Waals surface area contributed by atoms with E-state index in [1.807, 2.05) is 0 Å². The largest absolute Gasteiger partial charge is 0.546 e. The second-order valence-electron chi connectivity index (χ2n) is 5.77. The molecule has 0 rings (SSSR count). The summed E-state index contributed by atoms with van der Waals surface area (Å²) in [5.74, 6) is 0. The van der Waals surface area contributed by atoms with Crippen LogP contribution in [0.2, 0.25) is 4.78 Å². The van der Waals surface area contributed by atoms with Gasteiger partial charge in [-0.2, -0.15) is 0 Å². The summed E-state index contributed by atoms with van der Waals surface area (Å²) in [4.78, 5) is 4.55. The number of allylic oxidation sites excluding steroid dienone is 2. The Morgan fingerprint density at radius 2 is 1.61 bits per heavy atom. The molecule has 0 saturated heterocycles. The van der Waals surface area contributed by atoms with E-state index >= 15 is 0 Å². The first-order valence-electron chi connectivity index (χ1n) is 6.81. The molecule has 0 fully saturated rings. The Morgan fingerprint density at radius 1 is 1.11 bits per heavy atom. The molecule has 18 heavy (non-hydrogen) atoms. The maximum atomic E-state index is 6.64. The van der Waals surface area contributed by atoms with E-state index in [0.29, 0.717) is 16.9 Å². The Labute approximate surface area is 122 Å². The number of rotatable bonds is 6. The smallest absolute Gasteiger partial charge is 0.452 e. The van der Waals surface area contributed by atoms with Crippen LogP contribution in [0.1, 0.15) is 55.4 Å². The van der Waals surface area contributed by atoms with Gasteiger partial charge in [0.2, 0.25) is 0 Å². The molecule has 2 nitrogen and oxygen atoms in total. The average molecular weight is 287 g/mol. The van der Waals surface area contributed by atoms with Gasteiger partial charge in [0.1, 0.15) is 0 Å². The van der Waals surface area contributed by atoms with Crippen molar-refractivity contribution in [3.63, 3.8) is 0 Å². The summed E-state index contributed by atoms with van der Waals surface area (Å²) in [6, 6.07) is 0.792. The summed E-state index contributed by atoms with van der Waals surface area (Å²) in [6.45, 7) is 17.2. The van der Waals surface area contributed by atoms with Crippen LogP contribution in [0.4, 0.5) is 0 Å². The van der Waals surface area contributed by atoms with Crippen molar-refractivity contribution in [3.8, 4) is 0 Å². The van der Waals surface area contributed by atoms with Crippen molar-refractivity contribution < 1.29 is 0 Å². The number of hydrogen-bond acceptors (Lipinski definition) is 2. The van der Waals surface area contributed by atoms with Crippen molar-refractivity contribution in [1.82, 2.24) is 3.88 Å². The summed E-state index contributed by atoms with van der Waals surface area (Å²) < 4.78 is 2.95. The van der Waals surface area contributed by atoms with Crippen LogP contribution in [-0.4, -0.2) is 35.1 Å². The van der Waals surface area contributed by atoms with Crippen molar-refractivity contribution in [1.29, 1.82) is 0 Å². The number of hydrogen-bond donors (Lipinski definition) is 0. The summed E-state index contributed by atoms with van der Waals surface area (Å²) >= 11 is -1.42. The zero-order valence-electron chi connectivity index (χ0n) is 13.2. The van der Waals surface area contributed by atoms with Gasteiger partial charge >= 0.3 is 13.4 Å². The molecule has 0 unspecified atom stereocenters. The second-order valence-corrected chi connectivity index (χ2v) is 9.74. The Hall–Kier alpha value is 0.0325. The highest BCUT2D eigenvalue weighted by Gasteiger charge is 2.31. The first kappa shape index (κ1) is 18.0. The summed E-state index contributed by atoms with van der Waals surface area (Å²) in [7, 11) is 6.64. The van der Waals surface area contributed by atoms with Crippen LogP contribution in [0.3, 0.4) is 0 Å². The molecular formula is C14H28AlClN2. The molecule has 0 amide bonds. The molecule has 0 N–H and O–H groups in total. The molecule has 0 radical (unpaired) electrons. The SMILES string of the molecule is CC(/C=C(/C)[N](C(C)C)[Al]([Cl])[CH](C)C)=NC(C)C. The fraction of sp³-hybridized carbons (Fsp3) is 0.786. The minimum absolute atomic E-state index is 0.343. The van der Waals surface area contributed by atoms with Crippen molar-refractivity contribution >= 4 is 29.2 Å². The third-order valence-electron chi connectivity index (χ3n) is 2.66. The molecule has 0 aromatic carbocycles. The molecule has 0 heterocycles. The maximum Gasteiger partial charge on any atom is 0.546 e. The Kier molecular flexibility index (Phi) is 8.27. The fourth-order valence-corrected chi connectivity index (χ4v) is 4.84. The lowest BCUT2D eigenvalue weighted by molar-refractivity contribution is 0.440. The monoisotopic (exact) mass is 286 g/mol. The molecule has 0 saturated carbocycles. The highest BCUT2D eigenvalue weighted by atomic mass is 35.6. The lowest BCUT2D eigenvalue weighted by Gasteiger charge is -2.34. The Morgan fingerprint density at radius 3 is 1.94 bits per heavy atom. The van der Waals surface area contributed by atoms with Crippen molar-refractivity contribution in [2.75, 3.05) is 0 Å². The van der Waals surface area contributed by atoms with Crippen molar-refractivity contribution in [3.05, 3.63) is 11.8 Å². The lowest BCUT2D eigenvalue weighted by Crippen LogP contribution is -2.41. The quantitative estimate of drug-likeness (QED) is 0.514. The van der Waals surface area contributed by atoms with Gasteiger partial charge in [0, 0.05) is 17.8 Å². The van der Waals surface area contributed by atoms with Gasteiger partial charge in [-0.05, 0) is 53.3 Å². The van der Waals surface area contributed by atoms with Gasteiger partial charge in [0.25, 0.3) is 0 Å². The number of aliphatic imine (C=N–C) groups is 1. The zero-order valence-corrected chi connectivity index (χ0v) is 15.1. The van der Waals surface area contributed by atoms with Gasteiger partial charge in [-0.15, -0.1) is 0 Å². The van der Waals surface area contributed by atoms with Crippen LogP contribution in [0, 0.1) is 0 Å². The minimum atomic E-state index is -1.42. The highest BCUT2D eigenvalue weighted by molar-refractivity contribution is 7.06. The normalized spacial score (nSPS) is 13.8. The lowest BCUT2D eigenvalue weighted by atomic mass is 10.3. The molecule has 0 atom stereocenters. The van der Waals surface area contributed by atoms with E-state index in [2.05, 4.69) is 70.3 Å². The summed E-state index contributed by atoms with van der Waals surface area (Å²) in [6.07, 6.45) is 2.16. The van der Waals surface area contributed by atoms with E-state index in [4.69, 9.17) is 10.0 Å². The standard InChI is InChI=1S/C11H21N2.C3H7.Al.ClH/c1-8(2)12-10(5)7-11(6)13-9(3)4;1-3-2;;/h7-9H,1-6H3;3H,1-2H3;;1H/q-1;;+2;/p-1/b10-7-,13-11?;;;. The highest BCUT2D eigenvalue weighted by Crippen LogP contribution is 2.22. The topological polar surface area (TPSA) is 15.6 Å². The molecule has 0 aromatic heterocycles. The van der Waals surface area contributed by atoms with Crippen molar-refractivity contribution in [2.45, 2.75) is 72.3 Å². The van der Waals surface area contributed by atoms with Gasteiger partial charge in [-0.1, -0.05) is 18.6 Å². The van der Waals surface area contributed by atoms with E-state index in [1.54, 1.807) is 0 Å². The van der Waals surface area contributed by atoms with Crippen LogP contribution in [0.15, 0.2) is 16.8 Å². The summed E-state index contributed by atoms with van der Waals surface area (Å²) in [5.41, 5.74) is 2.32. The molecule has 0 aliphatic carbocycles. The van der Waals surface area contributed by atoms with Gasteiger partial charge in [0.05, 0.1) is 0 Å². The average Bonchev–Trinajstić information content (AvgIpc) is 2.14. The fourth-order valence-electron chi connectivity index (χ4n) is 2.03. The Balaban J connectivity index is 5.09. The van der Waals surface area contributed by atoms with E-state index in [1.165, 1.54) is 5.70 Å². The third kappa shape index (κ3) is 6.27. The number of nitrogens with zero attached hydrogens (tertiary/aromatic N) is 2. The molecule has 0 aromatic rings.